The fraction of sp³-hybridized carbons (Fsp3) is 0.632. The van der Waals surface area contributed by atoms with Crippen molar-refractivity contribution in [2.75, 3.05) is 32.7 Å². The minimum atomic E-state index is 0.112. The molecule has 1 amide bonds. The number of benzene rings is 1. The monoisotopic (exact) mass is 313 g/mol. The van der Waals surface area contributed by atoms with Gasteiger partial charge in [0.2, 0.25) is 0 Å². The van der Waals surface area contributed by atoms with Crippen molar-refractivity contribution < 1.29 is 4.79 Å². The van der Waals surface area contributed by atoms with Gasteiger partial charge in [-0.25, -0.2) is 0 Å². The van der Waals surface area contributed by atoms with Gasteiger partial charge in [-0.15, -0.1) is 0 Å². The standard InChI is InChI=1S/C19H27N3O/c23-18(21-14-19-8-3-11-22(19)12-4-9-19)17-6-2-1-5-16(17)15-7-10-20-13-15/h1-2,5-6,15,20H,3-4,7-14H2,(H,21,23). The lowest BCUT2D eigenvalue weighted by Crippen LogP contribution is -2.48. The average Bonchev–Trinajstić information content (AvgIpc) is 3.29. The third-order valence-electron chi connectivity index (χ3n) is 6.09. The lowest BCUT2D eigenvalue weighted by Gasteiger charge is -2.32. The Kier molecular flexibility index (Phi) is 4.12. The Balaban J connectivity index is 1.47. The van der Waals surface area contributed by atoms with Crippen LogP contribution in [0.15, 0.2) is 24.3 Å². The maximum Gasteiger partial charge on any atom is 0.251 e. The number of carbonyl (C=O) groups is 1. The second-order valence-corrected chi connectivity index (χ2v) is 7.38. The van der Waals surface area contributed by atoms with E-state index in [4.69, 9.17) is 0 Å². The van der Waals surface area contributed by atoms with E-state index < -0.39 is 0 Å². The summed E-state index contributed by atoms with van der Waals surface area (Å²) in [7, 11) is 0. The van der Waals surface area contributed by atoms with Gasteiger partial charge in [0.15, 0.2) is 0 Å². The topological polar surface area (TPSA) is 44.4 Å². The zero-order chi connectivity index (χ0) is 15.7. The molecule has 0 bridgehead atoms. The van der Waals surface area contributed by atoms with Crippen LogP contribution >= 0.6 is 0 Å². The molecule has 1 aromatic carbocycles. The first-order valence-electron chi connectivity index (χ1n) is 9.11. The number of amides is 1. The third-order valence-corrected chi connectivity index (χ3v) is 6.09. The fourth-order valence-corrected chi connectivity index (χ4v) is 4.83. The highest BCUT2D eigenvalue weighted by molar-refractivity contribution is 5.96. The number of nitrogens with zero attached hydrogens (tertiary/aromatic N) is 1. The predicted octanol–water partition coefficient (Wildman–Crippen LogP) is 2.12. The van der Waals surface area contributed by atoms with Crippen LogP contribution in [0.2, 0.25) is 0 Å². The van der Waals surface area contributed by atoms with Gasteiger partial charge >= 0.3 is 0 Å². The molecule has 124 valence electrons. The number of hydrogen-bond acceptors (Lipinski definition) is 3. The van der Waals surface area contributed by atoms with Gasteiger partial charge in [-0.1, -0.05) is 18.2 Å². The minimum absolute atomic E-state index is 0.112. The lowest BCUT2D eigenvalue weighted by molar-refractivity contribution is 0.0918. The molecule has 1 unspecified atom stereocenters. The van der Waals surface area contributed by atoms with Crippen LogP contribution in [0.5, 0.6) is 0 Å². The highest BCUT2D eigenvalue weighted by Gasteiger charge is 2.44. The van der Waals surface area contributed by atoms with Crippen molar-refractivity contribution in [2.45, 2.75) is 43.6 Å². The first-order valence-corrected chi connectivity index (χ1v) is 9.11. The predicted molar refractivity (Wildman–Crippen MR) is 91.8 cm³/mol. The summed E-state index contributed by atoms with van der Waals surface area (Å²) in [6.45, 7) is 5.27. The summed E-state index contributed by atoms with van der Waals surface area (Å²) in [5, 5.41) is 6.67. The molecule has 3 aliphatic heterocycles. The van der Waals surface area contributed by atoms with Crippen molar-refractivity contribution in [3.63, 3.8) is 0 Å². The number of nitrogens with one attached hydrogen (secondary N) is 2. The Labute approximate surface area is 138 Å². The van der Waals surface area contributed by atoms with Crippen molar-refractivity contribution in [3.05, 3.63) is 35.4 Å². The molecule has 4 nitrogen and oxygen atoms in total. The van der Waals surface area contributed by atoms with Gasteiger partial charge in [0.1, 0.15) is 0 Å². The molecule has 3 aliphatic rings. The van der Waals surface area contributed by atoms with Crippen LogP contribution in [0.25, 0.3) is 0 Å². The van der Waals surface area contributed by atoms with Crippen LogP contribution in [0.3, 0.4) is 0 Å². The van der Waals surface area contributed by atoms with Crippen molar-refractivity contribution in [1.29, 1.82) is 0 Å². The molecule has 4 heteroatoms. The molecule has 3 saturated heterocycles. The summed E-state index contributed by atoms with van der Waals surface area (Å²) in [5.41, 5.74) is 2.34. The second-order valence-electron chi connectivity index (χ2n) is 7.38. The molecular weight excluding hydrogens is 286 g/mol. The molecule has 0 spiro atoms. The van der Waals surface area contributed by atoms with Crippen molar-refractivity contribution >= 4 is 5.91 Å². The maximum absolute atomic E-state index is 12.8. The summed E-state index contributed by atoms with van der Waals surface area (Å²) in [6.07, 6.45) is 6.16. The Morgan fingerprint density at radius 1 is 1.26 bits per heavy atom. The Bertz CT molecular complexity index is 570. The molecule has 23 heavy (non-hydrogen) atoms. The summed E-state index contributed by atoms with van der Waals surface area (Å²) in [6, 6.07) is 8.15. The van der Waals surface area contributed by atoms with E-state index in [1.54, 1.807) is 0 Å². The zero-order valence-corrected chi connectivity index (χ0v) is 13.8. The van der Waals surface area contributed by atoms with Gasteiger partial charge in [-0.05, 0) is 69.3 Å². The van der Waals surface area contributed by atoms with E-state index in [1.165, 1.54) is 44.3 Å². The van der Waals surface area contributed by atoms with E-state index in [0.717, 1.165) is 31.6 Å². The molecular formula is C19H27N3O. The Hall–Kier alpha value is -1.39. The Morgan fingerprint density at radius 3 is 2.78 bits per heavy atom. The highest BCUT2D eigenvalue weighted by Crippen LogP contribution is 2.38. The van der Waals surface area contributed by atoms with Crippen LogP contribution in [0, 0.1) is 0 Å². The number of rotatable bonds is 4. The van der Waals surface area contributed by atoms with E-state index in [9.17, 15) is 4.79 Å². The van der Waals surface area contributed by atoms with Crippen molar-refractivity contribution in [2.24, 2.45) is 0 Å². The van der Waals surface area contributed by atoms with Crippen LogP contribution in [0.4, 0.5) is 0 Å². The first-order chi connectivity index (χ1) is 11.3. The van der Waals surface area contributed by atoms with Gasteiger partial charge in [0.05, 0.1) is 0 Å². The third kappa shape index (κ3) is 2.79. The molecule has 1 aromatic rings. The molecule has 0 radical (unpaired) electrons. The van der Waals surface area contributed by atoms with Gasteiger partial charge in [0.25, 0.3) is 5.91 Å². The van der Waals surface area contributed by atoms with E-state index in [0.29, 0.717) is 5.92 Å². The SMILES string of the molecule is O=C(NCC12CCCN1CCC2)c1ccccc1C1CCNC1. The van der Waals surface area contributed by atoms with Gasteiger partial charge in [-0.3, -0.25) is 9.69 Å². The van der Waals surface area contributed by atoms with Gasteiger partial charge < -0.3 is 10.6 Å². The van der Waals surface area contributed by atoms with E-state index in [-0.39, 0.29) is 11.4 Å². The van der Waals surface area contributed by atoms with Crippen LogP contribution in [-0.2, 0) is 0 Å². The molecule has 2 N–H and O–H groups in total. The number of carbonyl (C=O) groups excluding carboxylic acids is 1. The lowest BCUT2D eigenvalue weighted by atomic mass is 9.92. The van der Waals surface area contributed by atoms with E-state index >= 15 is 0 Å². The Morgan fingerprint density at radius 2 is 2.04 bits per heavy atom. The number of hydrogen-bond donors (Lipinski definition) is 2. The van der Waals surface area contributed by atoms with Crippen LogP contribution < -0.4 is 10.6 Å². The largest absolute Gasteiger partial charge is 0.350 e. The maximum atomic E-state index is 12.8. The summed E-state index contributed by atoms with van der Waals surface area (Å²) in [5.74, 6) is 0.588. The molecule has 0 aliphatic carbocycles. The summed E-state index contributed by atoms with van der Waals surface area (Å²) < 4.78 is 0. The summed E-state index contributed by atoms with van der Waals surface area (Å²) in [4.78, 5) is 15.4. The second kappa shape index (κ2) is 6.25. The fourth-order valence-electron chi connectivity index (χ4n) is 4.83. The molecule has 1 atom stereocenters. The van der Waals surface area contributed by atoms with Crippen LogP contribution in [-0.4, -0.2) is 49.1 Å². The normalized spacial score (nSPS) is 26.3. The molecule has 3 heterocycles. The van der Waals surface area contributed by atoms with Crippen molar-refractivity contribution in [3.8, 4) is 0 Å². The van der Waals surface area contributed by atoms with Crippen LogP contribution in [0.1, 0.15) is 53.9 Å². The molecule has 0 saturated carbocycles. The van der Waals surface area contributed by atoms with E-state index in [1.807, 2.05) is 12.1 Å². The zero-order valence-electron chi connectivity index (χ0n) is 13.8. The summed E-state index contributed by atoms with van der Waals surface area (Å²) >= 11 is 0. The van der Waals surface area contributed by atoms with E-state index in [2.05, 4.69) is 27.7 Å². The van der Waals surface area contributed by atoms with Gasteiger partial charge in [-0.2, -0.15) is 0 Å². The molecule has 4 rings (SSSR count). The molecule has 0 aromatic heterocycles. The van der Waals surface area contributed by atoms with Gasteiger partial charge in [0, 0.05) is 24.2 Å². The minimum Gasteiger partial charge on any atom is -0.350 e. The quantitative estimate of drug-likeness (QED) is 0.895. The number of fused-ring (bicyclic) bond motifs is 1. The smallest absolute Gasteiger partial charge is 0.251 e. The van der Waals surface area contributed by atoms with Crippen molar-refractivity contribution in [1.82, 2.24) is 15.5 Å². The molecule has 3 fully saturated rings. The first kappa shape index (κ1) is 15.2. The highest BCUT2D eigenvalue weighted by atomic mass is 16.1. The average molecular weight is 313 g/mol.